The first-order valence-corrected chi connectivity index (χ1v) is 7.92. The fraction of sp³-hybridized carbons (Fsp3) is 0.105. The number of aromatic nitrogens is 1. The first kappa shape index (κ1) is 16.9. The normalized spacial score (nSPS) is 10.5. The number of benzene rings is 2. The maximum absolute atomic E-state index is 12.4. The van der Waals surface area contributed by atoms with E-state index in [0.29, 0.717) is 22.0 Å². The lowest BCUT2D eigenvalue weighted by atomic mass is 10.1. The third-order valence-corrected chi connectivity index (χ3v) is 3.95. The molecule has 6 heteroatoms. The molecule has 0 aliphatic carbocycles. The lowest BCUT2D eigenvalue weighted by molar-refractivity contribution is 0.0473. The van der Waals surface area contributed by atoms with Crippen LogP contribution < -0.4 is 0 Å². The molecule has 1 aromatic heterocycles. The third-order valence-electron chi connectivity index (χ3n) is 3.62. The summed E-state index contributed by atoms with van der Waals surface area (Å²) >= 11 is 5.98. The number of ketones is 1. The van der Waals surface area contributed by atoms with E-state index in [9.17, 15) is 9.59 Å². The number of hydrogen-bond acceptors (Lipinski definition) is 5. The van der Waals surface area contributed by atoms with E-state index in [1.165, 1.54) is 0 Å². The van der Waals surface area contributed by atoms with Gasteiger partial charge in [0, 0.05) is 11.1 Å². The van der Waals surface area contributed by atoms with Crippen LogP contribution in [0.2, 0.25) is 5.02 Å². The first-order chi connectivity index (χ1) is 12.1. The summed E-state index contributed by atoms with van der Waals surface area (Å²) in [7, 11) is 0. The quantitative estimate of drug-likeness (QED) is 0.503. The van der Waals surface area contributed by atoms with Gasteiger partial charge >= 0.3 is 5.97 Å². The van der Waals surface area contributed by atoms with Crippen molar-refractivity contribution in [2.24, 2.45) is 0 Å². The molecular formula is C19H14ClNO4. The molecule has 5 nitrogen and oxygen atoms in total. The molecule has 3 rings (SSSR count). The van der Waals surface area contributed by atoms with E-state index in [4.69, 9.17) is 20.9 Å². The number of hydrogen-bond donors (Lipinski definition) is 0. The average Bonchev–Trinajstić information content (AvgIpc) is 3.02. The number of halogens is 1. The van der Waals surface area contributed by atoms with Gasteiger partial charge in [0.05, 0.1) is 5.02 Å². The number of ether oxygens (including phenoxy) is 1. The van der Waals surface area contributed by atoms with Crippen molar-refractivity contribution >= 4 is 23.4 Å². The van der Waals surface area contributed by atoms with E-state index in [0.717, 1.165) is 5.56 Å². The van der Waals surface area contributed by atoms with Crippen molar-refractivity contribution in [2.45, 2.75) is 6.92 Å². The van der Waals surface area contributed by atoms with Crippen LogP contribution in [0.3, 0.4) is 0 Å². The summed E-state index contributed by atoms with van der Waals surface area (Å²) in [6.07, 6.45) is 0. The Hall–Kier alpha value is -2.92. The third kappa shape index (κ3) is 3.61. The first-order valence-electron chi connectivity index (χ1n) is 7.54. The second kappa shape index (κ2) is 7.32. The molecule has 0 saturated carbocycles. The highest BCUT2D eigenvalue weighted by molar-refractivity contribution is 6.34. The van der Waals surface area contributed by atoms with E-state index in [-0.39, 0.29) is 11.3 Å². The predicted octanol–water partition coefficient (Wildman–Crippen LogP) is 4.34. The largest absolute Gasteiger partial charge is 0.454 e. The number of Topliss-reactive ketones (excluding diaryl/α,β-unsaturated/α-hetero) is 1. The van der Waals surface area contributed by atoms with Crippen molar-refractivity contribution in [2.75, 3.05) is 6.61 Å². The van der Waals surface area contributed by atoms with E-state index >= 15 is 0 Å². The van der Waals surface area contributed by atoms with Gasteiger partial charge < -0.3 is 9.26 Å². The molecular weight excluding hydrogens is 342 g/mol. The highest BCUT2D eigenvalue weighted by Gasteiger charge is 2.24. The summed E-state index contributed by atoms with van der Waals surface area (Å²) in [6, 6.07) is 15.7. The number of aryl methyl sites for hydroxylation is 1. The van der Waals surface area contributed by atoms with Gasteiger partial charge in [0.1, 0.15) is 17.0 Å². The van der Waals surface area contributed by atoms with Crippen molar-refractivity contribution in [3.63, 3.8) is 0 Å². The Morgan fingerprint density at radius 3 is 2.48 bits per heavy atom. The average molecular weight is 356 g/mol. The van der Waals surface area contributed by atoms with E-state index < -0.39 is 12.6 Å². The maximum atomic E-state index is 12.4. The number of esters is 1. The fourth-order valence-electron chi connectivity index (χ4n) is 2.37. The van der Waals surface area contributed by atoms with E-state index in [1.807, 2.05) is 30.3 Å². The minimum Gasteiger partial charge on any atom is -0.454 e. The zero-order valence-electron chi connectivity index (χ0n) is 13.4. The van der Waals surface area contributed by atoms with Gasteiger partial charge in [-0.3, -0.25) is 4.79 Å². The Morgan fingerprint density at radius 2 is 1.76 bits per heavy atom. The molecule has 0 aliphatic heterocycles. The highest BCUT2D eigenvalue weighted by Crippen LogP contribution is 2.26. The van der Waals surface area contributed by atoms with Crippen LogP contribution in [0.25, 0.3) is 11.3 Å². The lowest BCUT2D eigenvalue weighted by Gasteiger charge is -2.06. The van der Waals surface area contributed by atoms with Crippen molar-refractivity contribution in [3.05, 3.63) is 76.5 Å². The standard InChI is InChI=1S/C19H14ClNO4/c1-12-17(18(21-25-12)13-7-3-2-4-8-13)19(23)24-11-16(22)14-9-5-6-10-15(14)20/h2-10H,11H2,1H3. The molecule has 0 amide bonds. The van der Waals surface area contributed by atoms with Crippen LogP contribution in [0.1, 0.15) is 26.5 Å². The molecule has 0 spiro atoms. The molecule has 0 saturated heterocycles. The molecule has 0 N–H and O–H groups in total. The number of carbonyl (C=O) groups excluding carboxylic acids is 2. The van der Waals surface area contributed by atoms with Crippen LogP contribution in [0.4, 0.5) is 0 Å². The van der Waals surface area contributed by atoms with E-state index in [1.54, 1.807) is 31.2 Å². The number of rotatable bonds is 5. The molecule has 3 aromatic rings. The Morgan fingerprint density at radius 1 is 1.08 bits per heavy atom. The van der Waals surface area contributed by atoms with Crippen LogP contribution in [0, 0.1) is 6.92 Å². The number of nitrogens with zero attached hydrogens (tertiary/aromatic N) is 1. The zero-order chi connectivity index (χ0) is 17.8. The maximum Gasteiger partial charge on any atom is 0.344 e. The monoisotopic (exact) mass is 355 g/mol. The summed E-state index contributed by atoms with van der Waals surface area (Å²) in [5, 5.41) is 4.24. The van der Waals surface area contributed by atoms with Crippen molar-refractivity contribution in [1.82, 2.24) is 5.16 Å². The fourth-order valence-corrected chi connectivity index (χ4v) is 2.62. The smallest absolute Gasteiger partial charge is 0.344 e. The zero-order valence-corrected chi connectivity index (χ0v) is 14.1. The number of carbonyl (C=O) groups is 2. The van der Waals surface area contributed by atoms with Crippen LogP contribution in [-0.2, 0) is 4.74 Å². The molecule has 0 bridgehead atoms. The molecule has 0 radical (unpaired) electrons. The minimum absolute atomic E-state index is 0.207. The summed E-state index contributed by atoms with van der Waals surface area (Å²) in [4.78, 5) is 24.6. The van der Waals surface area contributed by atoms with Gasteiger partial charge in [0.15, 0.2) is 6.61 Å². The Labute approximate surface area is 149 Å². The van der Waals surface area contributed by atoms with Gasteiger partial charge in [0.2, 0.25) is 5.78 Å². The van der Waals surface area contributed by atoms with Gasteiger partial charge in [0.25, 0.3) is 0 Å². The predicted molar refractivity (Wildman–Crippen MR) is 92.7 cm³/mol. The Balaban J connectivity index is 1.78. The molecule has 126 valence electrons. The van der Waals surface area contributed by atoms with Crippen LogP contribution in [-0.4, -0.2) is 23.5 Å². The van der Waals surface area contributed by atoms with Gasteiger partial charge in [-0.25, -0.2) is 4.79 Å². The Bertz CT molecular complexity index is 918. The van der Waals surface area contributed by atoms with Crippen molar-refractivity contribution in [3.8, 4) is 11.3 Å². The van der Waals surface area contributed by atoms with Crippen LogP contribution >= 0.6 is 11.6 Å². The van der Waals surface area contributed by atoms with Crippen molar-refractivity contribution in [1.29, 1.82) is 0 Å². The lowest BCUT2D eigenvalue weighted by Crippen LogP contribution is -2.15. The summed E-state index contributed by atoms with van der Waals surface area (Å²) < 4.78 is 10.3. The summed E-state index contributed by atoms with van der Waals surface area (Å²) in [5.41, 5.74) is 1.62. The van der Waals surface area contributed by atoms with Crippen molar-refractivity contribution < 1.29 is 18.8 Å². The van der Waals surface area contributed by atoms with Gasteiger partial charge in [-0.05, 0) is 19.1 Å². The van der Waals surface area contributed by atoms with Gasteiger partial charge in [-0.2, -0.15) is 0 Å². The minimum atomic E-state index is -0.669. The molecule has 0 atom stereocenters. The summed E-state index contributed by atoms with van der Waals surface area (Å²) in [6.45, 7) is 1.20. The van der Waals surface area contributed by atoms with Crippen LogP contribution in [0.15, 0.2) is 59.1 Å². The molecule has 1 heterocycles. The van der Waals surface area contributed by atoms with Gasteiger partial charge in [-0.1, -0.05) is 59.2 Å². The van der Waals surface area contributed by atoms with Gasteiger partial charge in [-0.15, -0.1) is 0 Å². The molecule has 0 aliphatic rings. The highest BCUT2D eigenvalue weighted by atomic mass is 35.5. The van der Waals surface area contributed by atoms with E-state index in [2.05, 4.69) is 5.16 Å². The Kier molecular flexibility index (Phi) is 4.95. The SMILES string of the molecule is Cc1onc(-c2ccccc2)c1C(=O)OCC(=O)c1ccccc1Cl. The molecule has 25 heavy (non-hydrogen) atoms. The molecule has 0 unspecified atom stereocenters. The topological polar surface area (TPSA) is 69.4 Å². The second-order valence-electron chi connectivity index (χ2n) is 5.31. The molecule has 0 fully saturated rings. The van der Waals surface area contributed by atoms with Crippen LogP contribution in [0.5, 0.6) is 0 Å². The second-order valence-corrected chi connectivity index (χ2v) is 5.71. The molecule has 2 aromatic carbocycles. The summed E-state index contributed by atoms with van der Waals surface area (Å²) in [5.74, 6) is -0.721.